The molecule has 1 aliphatic rings. The number of nitrogens with zero attached hydrogens (tertiary/aromatic N) is 4. The fraction of sp³-hybridized carbons (Fsp3) is 0.500. The molecule has 2 N–H and O–H groups in total. The molecule has 10 heteroatoms. The van der Waals surface area contributed by atoms with Crippen LogP contribution in [-0.2, 0) is 15.0 Å². The lowest BCUT2D eigenvalue weighted by atomic mass is 10.2. The standard InChI is InChI=1S/C10H13N5O4S/c16-20(17,18)14-3-7-1-2-9(19-7)15-6-13-8-4-11-5-12-10(8)15/h4-7,9,14H,1-3H2,(H,16,17,18)/t7-,9+/m0/s1. The SMILES string of the molecule is O=S(=O)(O)NC[C@@H]1CC[C@H](n2cnc3cncnc32)O1. The largest absolute Gasteiger partial charge is 0.353 e. The van der Waals surface area contributed by atoms with Gasteiger partial charge in [-0.2, -0.15) is 13.1 Å². The molecule has 0 bridgehead atoms. The second kappa shape index (κ2) is 5.05. The van der Waals surface area contributed by atoms with Gasteiger partial charge in [0.05, 0.1) is 18.6 Å². The van der Waals surface area contributed by atoms with Crippen LogP contribution >= 0.6 is 0 Å². The third kappa shape index (κ3) is 2.77. The van der Waals surface area contributed by atoms with E-state index < -0.39 is 10.3 Å². The summed E-state index contributed by atoms with van der Waals surface area (Å²) in [6.07, 6.45) is 5.54. The minimum Gasteiger partial charge on any atom is -0.353 e. The summed E-state index contributed by atoms with van der Waals surface area (Å²) in [4.78, 5) is 12.2. The lowest BCUT2D eigenvalue weighted by molar-refractivity contribution is 0.00690. The summed E-state index contributed by atoms with van der Waals surface area (Å²) in [5, 5.41) is 0. The number of imidazole rings is 1. The van der Waals surface area contributed by atoms with Crippen LogP contribution < -0.4 is 4.72 Å². The molecule has 1 aliphatic heterocycles. The maximum atomic E-state index is 10.6. The Kier molecular flexibility index (Phi) is 3.38. The second-order valence-corrected chi connectivity index (χ2v) is 5.74. The lowest BCUT2D eigenvalue weighted by Crippen LogP contribution is -2.31. The maximum Gasteiger partial charge on any atom is 0.333 e. The molecule has 20 heavy (non-hydrogen) atoms. The average Bonchev–Trinajstić information content (AvgIpc) is 3.01. The fourth-order valence-corrected chi connectivity index (χ4v) is 2.63. The van der Waals surface area contributed by atoms with Gasteiger partial charge in [-0.1, -0.05) is 0 Å². The first-order chi connectivity index (χ1) is 9.53. The molecule has 0 aromatic carbocycles. The molecule has 2 aromatic heterocycles. The Labute approximate surface area is 114 Å². The number of hydrogen-bond acceptors (Lipinski definition) is 6. The van der Waals surface area contributed by atoms with E-state index in [1.54, 1.807) is 17.1 Å². The van der Waals surface area contributed by atoms with Gasteiger partial charge in [-0.15, -0.1) is 0 Å². The fourth-order valence-electron chi connectivity index (χ4n) is 2.24. The first kappa shape index (κ1) is 13.4. The smallest absolute Gasteiger partial charge is 0.333 e. The molecule has 9 nitrogen and oxygen atoms in total. The minimum atomic E-state index is -4.19. The molecule has 0 saturated carbocycles. The van der Waals surface area contributed by atoms with Gasteiger partial charge in [0.2, 0.25) is 0 Å². The summed E-state index contributed by atoms with van der Waals surface area (Å²) in [6, 6.07) is 0. The third-order valence-corrected chi connectivity index (χ3v) is 3.66. The van der Waals surface area contributed by atoms with Gasteiger partial charge in [-0.25, -0.2) is 15.0 Å². The number of nitrogens with one attached hydrogen (secondary N) is 1. The van der Waals surface area contributed by atoms with Gasteiger partial charge in [0.1, 0.15) is 18.1 Å². The molecular formula is C10H13N5O4S. The van der Waals surface area contributed by atoms with E-state index >= 15 is 0 Å². The van der Waals surface area contributed by atoms with E-state index in [2.05, 4.69) is 15.0 Å². The van der Waals surface area contributed by atoms with Crippen LogP contribution in [0.1, 0.15) is 19.1 Å². The van der Waals surface area contributed by atoms with Crippen LogP contribution in [-0.4, -0.2) is 45.1 Å². The van der Waals surface area contributed by atoms with Crippen LogP contribution in [0.5, 0.6) is 0 Å². The Morgan fingerprint density at radius 1 is 1.45 bits per heavy atom. The van der Waals surface area contributed by atoms with Crippen molar-refractivity contribution in [3.8, 4) is 0 Å². The Morgan fingerprint density at radius 2 is 2.30 bits per heavy atom. The Morgan fingerprint density at radius 3 is 3.10 bits per heavy atom. The molecule has 108 valence electrons. The van der Waals surface area contributed by atoms with Crippen LogP contribution in [0, 0.1) is 0 Å². The van der Waals surface area contributed by atoms with E-state index in [9.17, 15) is 8.42 Å². The summed E-state index contributed by atoms with van der Waals surface area (Å²) >= 11 is 0. The van der Waals surface area contributed by atoms with Gasteiger partial charge in [0, 0.05) is 6.54 Å². The van der Waals surface area contributed by atoms with Crippen LogP contribution in [0.3, 0.4) is 0 Å². The molecule has 1 fully saturated rings. The van der Waals surface area contributed by atoms with Gasteiger partial charge in [-0.3, -0.25) is 9.12 Å². The Hall–Kier alpha value is -1.62. The van der Waals surface area contributed by atoms with E-state index in [4.69, 9.17) is 9.29 Å². The molecule has 0 spiro atoms. The van der Waals surface area contributed by atoms with Crippen molar-refractivity contribution in [2.24, 2.45) is 0 Å². The first-order valence-electron chi connectivity index (χ1n) is 6.03. The van der Waals surface area contributed by atoms with Crippen molar-refractivity contribution in [2.45, 2.75) is 25.2 Å². The van der Waals surface area contributed by atoms with E-state index in [-0.39, 0.29) is 18.9 Å². The average molecular weight is 299 g/mol. The highest BCUT2D eigenvalue weighted by atomic mass is 32.2. The summed E-state index contributed by atoms with van der Waals surface area (Å²) < 4.78 is 39.5. The predicted molar refractivity (Wildman–Crippen MR) is 68.0 cm³/mol. The number of rotatable bonds is 4. The van der Waals surface area contributed by atoms with E-state index in [0.29, 0.717) is 24.0 Å². The Balaban J connectivity index is 1.71. The van der Waals surface area contributed by atoms with Gasteiger partial charge in [0.15, 0.2) is 5.65 Å². The van der Waals surface area contributed by atoms with E-state index in [1.165, 1.54) is 6.33 Å². The molecule has 0 unspecified atom stereocenters. The van der Waals surface area contributed by atoms with Gasteiger partial charge in [0.25, 0.3) is 0 Å². The molecule has 0 amide bonds. The zero-order valence-corrected chi connectivity index (χ0v) is 11.2. The van der Waals surface area contributed by atoms with Crippen LogP contribution in [0.25, 0.3) is 11.2 Å². The molecule has 3 heterocycles. The monoisotopic (exact) mass is 299 g/mol. The first-order valence-corrected chi connectivity index (χ1v) is 7.47. The quantitative estimate of drug-likeness (QED) is 0.756. The zero-order chi connectivity index (χ0) is 14.2. The number of aromatic nitrogens is 4. The zero-order valence-electron chi connectivity index (χ0n) is 10.4. The van der Waals surface area contributed by atoms with Crippen LogP contribution in [0.4, 0.5) is 0 Å². The highest BCUT2D eigenvalue weighted by Gasteiger charge is 2.28. The van der Waals surface area contributed by atoms with E-state index in [1.807, 2.05) is 4.72 Å². The van der Waals surface area contributed by atoms with Crippen molar-refractivity contribution in [1.82, 2.24) is 24.2 Å². The van der Waals surface area contributed by atoms with Crippen molar-refractivity contribution >= 4 is 21.5 Å². The van der Waals surface area contributed by atoms with Crippen LogP contribution in [0.2, 0.25) is 0 Å². The molecule has 2 aromatic rings. The predicted octanol–water partition coefficient (Wildman–Crippen LogP) is -0.104. The van der Waals surface area contributed by atoms with Gasteiger partial charge in [-0.05, 0) is 12.8 Å². The molecular weight excluding hydrogens is 286 g/mol. The van der Waals surface area contributed by atoms with Crippen molar-refractivity contribution in [1.29, 1.82) is 0 Å². The summed E-state index contributed by atoms with van der Waals surface area (Å²) in [6.45, 7) is 0.0386. The van der Waals surface area contributed by atoms with Gasteiger partial charge >= 0.3 is 10.3 Å². The van der Waals surface area contributed by atoms with Crippen molar-refractivity contribution < 1.29 is 17.7 Å². The molecule has 1 saturated heterocycles. The van der Waals surface area contributed by atoms with Crippen molar-refractivity contribution in [2.75, 3.05) is 6.54 Å². The number of fused-ring (bicyclic) bond motifs is 1. The topological polar surface area (TPSA) is 119 Å². The van der Waals surface area contributed by atoms with Crippen LogP contribution in [0.15, 0.2) is 18.9 Å². The highest BCUT2D eigenvalue weighted by molar-refractivity contribution is 7.83. The number of ether oxygens (including phenoxy) is 1. The normalized spacial score (nSPS) is 23.4. The third-order valence-electron chi connectivity index (χ3n) is 3.13. The number of hydrogen-bond donors (Lipinski definition) is 2. The van der Waals surface area contributed by atoms with E-state index in [0.717, 1.165) is 0 Å². The highest BCUT2D eigenvalue weighted by Crippen LogP contribution is 2.29. The molecule has 2 atom stereocenters. The molecule has 3 rings (SSSR count). The summed E-state index contributed by atoms with van der Waals surface area (Å²) in [5.74, 6) is 0. The van der Waals surface area contributed by atoms with Gasteiger partial charge < -0.3 is 4.74 Å². The summed E-state index contributed by atoms with van der Waals surface area (Å²) in [7, 11) is -4.19. The maximum absolute atomic E-state index is 10.6. The minimum absolute atomic E-state index is 0.0386. The lowest BCUT2D eigenvalue weighted by Gasteiger charge is -2.14. The molecule has 0 radical (unpaired) electrons. The molecule has 0 aliphatic carbocycles. The van der Waals surface area contributed by atoms with Crippen molar-refractivity contribution in [3.05, 3.63) is 18.9 Å². The summed E-state index contributed by atoms with van der Waals surface area (Å²) in [5.41, 5.74) is 1.35. The second-order valence-electron chi connectivity index (χ2n) is 4.50. The van der Waals surface area contributed by atoms with Crippen molar-refractivity contribution in [3.63, 3.8) is 0 Å². The Bertz CT molecular complexity index is 715.